The van der Waals surface area contributed by atoms with Gasteiger partial charge in [-0.3, -0.25) is 0 Å². The maximum absolute atomic E-state index is 5.54. The Hall–Kier alpha value is -2.10. The number of anilines is 1. The number of hydrogen-bond acceptors (Lipinski definition) is 4. The number of benzene rings is 1. The van der Waals surface area contributed by atoms with Crippen LogP contribution in [0.2, 0.25) is 0 Å². The number of ether oxygens (including phenoxy) is 1. The van der Waals surface area contributed by atoms with E-state index in [9.17, 15) is 0 Å². The third kappa shape index (κ3) is 2.74. The molecule has 0 N–H and O–H groups in total. The van der Waals surface area contributed by atoms with Crippen molar-refractivity contribution in [1.29, 1.82) is 0 Å². The molecule has 0 atom stereocenters. The smallest absolute Gasteiger partial charge is 0.139 e. The predicted molar refractivity (Wildman–Crippen MR) is 82.4 cm³/mol. The van der Waals surface area contributed by atoms with Crippen molar-refractivity contribution < 1.29 is 4.74 Å². The molecule has 20 heavy (non-hydrogen) atoms. The van der Waals surface area contributed by atoms with Gasteiger partial charge in [-0.05, 0) is 44.0 Å². The van der Waals surface area contributed by atoms with Gasteiger partial charge in [0.15, 0.2) is 0 Å². The SMILES string of the molecule is CCOc1ccc(-c2c(C)ncnc2N(C)C)c(C)c1. The minimum atomic E-state index is 0.676. The Bertz CT molecular complexity index is 609. The summed E-state index contributed by atoms with van der Waals surface area (Å²) >= 11 is 0. The molecule has 106 valence electrons. The van der Waals surface area contributed by atoms with Gasteiger partial charge >= 0.3 is 0 Å². The summed E-state index contributed by atoms with van der Waals surface area (Å²) in [5, 5.41) is 0. The zero-order valence-electron chi connectivity index (χ0n) is 12.8. The van der Waals surface area contributed by atoms with Crippen LogP contribution in [0.5, 0.6) is 5.75 Å². The molecule has 0 aliphatic heterocycles. The van der Waals surface area contributed by atoms with Crippen LogP contribution >= 0.6 is 0 Å². The van der Waals surface area contributed by atoms with Crippen LogP contribution in [0.15, 0.2) is 24.5 Å². The number of aryl methyl sites for hydroxylation is 2. The summed E-state index contributed by atoms with van der Waals surface area (Å²) in [6, 6.07) is 6.14. The molecule has 2 aromatic rings. The topological polar surface area (TPSA) is 38.3 Å². The summed E-state index contributed by atoms with van der Waals surface area (Å²) in [7, 11) is 3.99. The minimum Gasteiger partial charge on any atom is -0.494 e. The van der Waals surface area contributed by atoms with Gasteiger partial charge in [-0.2, -0.15) is 0 Å². The Morgan fingerprint density at radius 3 is 2.50 bits per heavy atom. The fourth-order valence-electron chi connectivity index (χ4n) is 2.29. The van der Waals surface area contributed by atoms with Crippen molar-refractivity contribution in [2.45, 2.75) is 20.8 Å². The standard InChI is InChI=1S/C16H21N3O/c1-6-20-13-7-8-14(11(2)9-13)15-12(3)17-10-18-16(15)19(4)5/h7-10H,6H2,1-5H3. The largest absolute Gasteiger partial charge is 0.494 e. The van der Waals surface area contributed by atoms with E-state index < -0.39 is 0 Å². The normalized spacial score (nSPS) is 10.4. The van der Waals surface area contributed by atoms with Gasteiger partial charge in [-0.25, -0.2) is 9.97 Å². The molecule has 0 amide bonds. The van der Waals surface area contributed by atoms with Crippen LogP contribution in [0.3, 0.4) is 0 Å². The number of hydrogen-bond donors (Lipinski definition) is 0. The Morgan fingerprint density at radius 2 is 1.90 bits per heavy atom. The van der Waals surface area contributed by atoms with E-state index in [1.807, 2.05) is 38.9 Å². The summed E-state index contributed by atoms with van der Waals surface area (Å²) < 4.78 is 5.54. The monoisotopic (exact) mass is 271 g/mol. The Balaban J connectivity index is 2.57. The van der Waals surface area contributed by atoms with Crippen molar-refractivity contribution in [3.05, 3.63) is 35.8 Å². The van der Waals surface area contributed by atoms with Gasteiger partial charge in [-0.15, -0.1) is 0 Å². The second kappa shape index (κ2) is 5.90. The lowest BCUT2D eigenvalue weighted by Gasteiger charge is -2.19. The van der Waals surface area contributed by atoms with Gasteiger partial charge in [0, 0.05) is 19.7 Å². The average Bonchev–Trinajstić information content (AvgIpc) is 2.40. The molecule has 4 heteroatoms. The van der Waals surface area contributed by atoms with E-state index in [0.29, 0.717) is 6.61 Å². The molecule has 0 fully saturated rings. The molecular formula is C16H21N3O. The van der Waals surface area contributed by atoms with Crippen LogP contribution < -0.4 is 9.64 Å². The molecule has 4 nitrogen and oxygen atoms in total. The molecule has 1 heterocycles. The molecule has 0 radical (unpaired) electrons. The zero-order valence-corrected chi connectivity index (χ0v) is 12.8. The Morgan fingerprint density at radius 1 is 1.15 bits per heavy atom. The van der Waals surface area contributed by atoms with Crippen LogP contribution in [-0.2, 0) is 0 Å². The minimum absolute atomic E-state index is 0.676. The first-order valence-electron chi connectivity index (χ1n) is 6.77. The summed E-state index contributed by atoms with van der Waals surface area (Å²) in [5.74, 6) is 1.83. The number of rotatable bonds is 4. The highest BCUT2D eigenvalue weighted by atomic mass is 16.5. The molecule has 0 unspecified atom stereocenters. The van der Waals surface area contributed by atoms with E-state index in [1.54, 1.807) is 6.33 Å². The van der Waals surface area contributed by atoms with Crippen molar-refractivity contribution >= 4 is 5.82 Å². The predicted octanol–water partition coefficient (Wildman–Crippen LogP) is 3.23. The lowest BCUT2D eigenvalue weighted by molar-refractivity contribution is 0.340. The number of aromatic nitrogens is 2. The maximum Gasteiger partial charge on any atom is 0.139 e. The first kappa shape index (κ1) is 14.3. The fourth-order valence-corrected chi connectivity index (χ4v) is 2.29. The molecule has 0 spiro atoms. The van der Waals surface area contributed by atoms with Crippen LogP contribution in [0.25, 0.3) is 11.1 Å². The average molecular weight is 271 g/mol. The molecule has 0 bridgehead atoms. The second-order valence-electron chi connectivity index (χ2n) is 4.96. The molecular weight excluding hydrogens is 250 g/mol. The molecule has 0 saturated carbocycles. The van der Waals surface area contributed by atoms with Gasteiger partial charge < -0.3 is 9.64 Å². The summed E-state index contributed by atoms with van der Waals surface area (Å²) in [5.41, 5.74) is 4.38. The van der Waals surface area contributed by atoms with Crippen molar-refractivity contribution in [2.75, 3.05) is 25.6 Å². The Kier molecular flexibility index (Phi) is 4.23. The highest BCUT2D eigenvalue weighted by Gasteiger charge is 2.14. The molecule has 0 aliphatic carbocycles. The zero-order chi connectivity index (χ0) is 14.7. The summed E-state index contributed by atoms with van der Waals surface area (Å²) in [6.45, 7) is 6.77. The van der Waals surface area contributed by atoms with Gasteiger partial charge in [0.05, 0.1) is 12.3 Å². The summed E-state index contributed by atoms with van der Waals surface area (Å²) in [4.78, 5) is 10.7. The highest BCUT2D eigenvalue weighted by Crippen LogP contribution is 2.33. The highest BCUT2D eigenvalue weighted by molar-refractivity contribution is 5.79. The van der Waals surface area contributed by atoms with E-state index in [1.165, 1.54) is 0 Å². The van der Waals surface area contributed by atoms with E-state index in [-0.39, 0.29) is 0 Å². The third-order valence-corrected chi connectivity index (χ3v) is 3.22. The van der Waals surface area contributed by atoms with Crippen molar-refractivity contribution in [3.8, 4) is 16.9 Å². The quantitative estimate of drug-likeness (QED) is 0.855. The van der Waals surface area contributed by atoms with Gasteiger partial charge in [0.25, 0.3) is 0 Å². The van der Waals surface area contributed by atoms with E-state index in [4.69, 9.17) is 4.74 Å². The summed E-state index contributed by atoms with van der Waals surface area (Å²) in [6.07, 6.45) is 1.61. The van der Waals surface area contributed by atoms with E-state index in [0.717, 1.165) is 34.0 Å². The molecule has 1 aromatic heterocycles. The van der Waals surface area contributed by atoms with Crippen molar-refractivity contribution in [2.24, 2.45) is 0 Å². The van der Waals surface area contributed by atoms with Gasteiger partial charge in [-0.1, -0.05) is 6.07 Å². The van der Waals surface area contributed by atoms with Gasteiger partial charge in [0.2, 0.25) is 0 Å². The maximum atomic E-state index is 5.54. The van der Waals surface area contributed by atoms with Crippen molar-refractivity contribution in [1.82, 2.24) is 9.97 Å². The first-order valence-corrected chi connectivity index (χ1v) is 6.77. The van der Waals surface area contributed by atoms with Crippen LogP contribution in [0.1, 0.15) is 18.2 Å². The number of nitrogens with zero attached hydrogens (tertiary/aromatic N) is 3. The lowest BCUT2D eigenvalue weighted by atomic mass is 9.99. The van der Waals surface area contributed by atoms with Crippen molar-refractivity contribution in [3.63, 3.8) is 0 Å². The molecule has 0 aliphatic rings. The lowest BCUT2D eigenvalue weighted by Crippen LogP contribution is -2.13. The Labute approximate surface area is 120 Å². The van der Waals surface area contributed by atoms with E-state index >= 15 is 0 Å². The van der Waals surface area contributed by atoms with Crippen LogP contribution in [-0.4, -0.2) is 30.7 Å². The second-order valence-corrected chi connectivity index (χ2v) is 4.96. The van der Waals surface area contributed by atoms with Crippen LogP contribution in [0, 0.1) is 13.8 Å². The fraction of sp³-hybridized carbons (Fsp3) is 0.375. The third-order valence-electron chi connectivity index (χ3n) is 3.22. The van der Waals surface area contributed by atoms with Crippen LogP contribution in [0.4, 0.5) is 5.82 Å². The van der Waals surface area contributed by atoms with Gasteiger partial charge in [0.1, 0.15) is 17.9 Å². The molecule has 0 saturated heterocycles. The molecule has 1 aromatic carbocycles. The molecule has 2 rings (SSSR count). The van der Waals surface area contributed by atoms with E-state index in [2.05, 4.69) is 29.0 Å². The first-order chi connectivity index (χ1) is 9.54.